The monoisotopic (exact) mass is 204 g/mol. The van der Waals surface area contributed by atoms with E-state index in [0.717, 1.165) is 38.6 Å². The summed E-state index contributed by atoms with van der Waals surface area (Å²) in [6.07, 6.45) is 3.65. The summed E-state index contributed by atoms with van der Waals surface area (Å²) < 4.78 is 10.8. The lowest BCUT2D eigenvalue weighted by Gasteiger charge is -2.11. The van der Waals surface area contributed by atoms with E-state index in [1.165, 1.54) is 12.8 Å². The van der Waals surface area contributed by atoms with Gasteiger partial charge in [-0.1, -0.05) is 6.92 Å². The first-order valence-corrected chi connectivity index (χ1v) is 5.72. The molecule has 13 heavy (non-hydrogen) atoms. The van der Waals surface area contributed by atoms with Crippen LogP contribution < -0.4 is 0 Å². The third kappa shape index (κ3) is 4.34. The van der Waals surface area contributed by atoms with Crippen molar-refractivity contribution in [2.24, 2.45) is 5.41 Å². The topological polar surface area (TPSA) is 18.5 Å². The van der Waals surface area contributed by atoms with E-state index in [1.807, 2.05) is 0 Å². The summed E-state index contributed by atoms with van der Waals surface area (Å²) in [6, 6.07) is 0. The highest BCUT2D eigenvalue weighted by Crippen LogP contribution is 2.46. The molecule has 0 aromatic rings. The van der Waals surface area contributed by atoms with Crippen molar-refractivity contribution in [2.75, 3.05) is 32.2 Å². The average molecular weight is 204 g/mol. The standard InChI is InChI=1S/C10H20O2S/c1-2-5-11-6-7-12-8-10(9-13)3-4-10/h13H,2-9H2,1H3. The average Bonchev–Trinajstić information content (AvgIpc) is 2.92. The molecule has 0 spiro atoms. The van der Waals surface area contributed by atoms with Gasteiger partial charge in [-0.25, -0.2) is 0 Å². The van der Waals surface area contributed by atoms with E-state index in [4.69, 9.17) is 9.47 Å². The maximum atomic E-state index is 5.52. The minimum atomic E-state index is 0.424. The predicted molar refractivity (Wildman–Crippen MR) is 57.4 cm³/mol. The molecular formula is C10H20O2S. The predicted octanol–water partition coefficient (Wildman–Crippen LogP) is 2.14. The summed E-state index contributed by atoms with van der Waals surface area (Å²) in [4.78, 5) is 0. The second kappa shape index (κ2) is 5.89. The van der Waals surface area contributed by atoms with Crippen LogP contribution in [0.5, 0.6) is 0 Å². The molecule has 1 aliphatic rings. The van der Waals surface area contributed by atoms with E-state index in [9.17, 15) is 0 Å². The summed E-state index contributed by atoms with van der Waals surface area (Å²) >= 11 is 4.31. The van der Waals surface area contributed by atoms with Crippen molar-refractivity contribution in [3.63, 3.8) is 0 Å². The minimum absolute atomic E-state index is 0.424. The zero-order valence-electron chi connectivity index (χ0n) is 8.42. The van der Waals surface area contributed by atoms with Crippen molar-refractivity contribution in [2.45, 2.75) is 26.2 Å². The number of ether oxygens (including phenoxy) is 2. The van der Waals surface area contributed by atoms with Gasteiger partial charge in [0.1, 0.15) is 0 Å². The first-order valence-electron chi connectivity index (χ1n) is 5.09. The fourth-order valence-corrected chi connectivity index (χ4v) is 1.59. The summed E-state index contributed by atoms with van der Waals surface area (Å²) in [5, 5.41) is 0. The molecule has 3 heteroatoms. The highest BCUT2D eigenvalue weighted by atomic mass is 32.1. The van der Waals surface area contributed by atoms with Gasteiger partial charge in [-0.15, -0.1) is 0 Å². The molecule has 0 unspecified atom stereocenters. The van der Waals surface area contributed by atoms with Gasteiger partial charge in [-0.3, -0.25) is 0 Å². The van der Waals surface area contributed by atoms with Crippen LogP contribution in [0.25, 0.3) is 0 Å². The molecule has 0 aromatic carbocycles. The zero-order chi connectivity index (χ0) is 9.57. The molecular weight excluding hydrogens is 184 g/mol. The van der Waals surface area contributed by atoms with Gasteiger partial charge in [0.25, 0.3) is 0 Å². The Hall–Kier alpha value is 0.270. The van der Waals surface area contributed by atoms with Crippen molar-refractivity contribution in [3.05, 3.63) is 0 Å². The van der Waals surface area contributed by atoms with Crippen LogP contribution in [-0.4, -0.2) is 32.2 Å². The summed E-state index contributed by atoms with van der Waals surface area (Å²) in [7, 11) is 0. The van der Waals surface area contributed by atoms with E-state index in [-0.39, 0.29) is 0 Å². The Kier molecular flexibility index (Phi) is 5.14. The van der Waals surface area contributed by atoms with E-state index in [2.05, 4.69) is 19.6 Å². The van der Waals surface area contributed by atoms with E-state index < -0.39 is 0 Å². The Labute approximate surface area is 86.4 Å². The molecule has 0 amide bonds. The van der Waals surface area contributed by atoms with Crippen LogP contribution in [0.2, 0.25) is 0 Å². The maximum absolute atomic E-state index is 5.52. The van der Waals surface area contributed by atoms with Crippen LogP contribution in [0, 0.1) is 5.41 Å². The smallest absolute Gasteiger partial charge is 0.0700 e. The van der Waals surface area contributed by atoms with Crippen molar-refractivity contribution in [3.8, 4) is 0 Å². The van der Waals surface area contributed by atoms with Gasteiger partial charge in [0.05, 0.1) is 19.8 Å². The summed E-state index contributed by atoms with van der Waals surface area (Å²) in [5.41, 5.74) is 0.424. The lowest BCUT2D eigenvalue weighted by Crippen LogP contribution is -2.15. The Bertz CT molecular complexity index is 135. The molecule has 1 fully saturated rings. The minimum Gasteiger partial charge on any atom is -0.379 e. The van der Waals surface area contributed by atoms with Gasteiger partial charge in [-0.2, -0.15) is 12.6 Å². The normalized spacial score (nSPS) is 18.9. The maximum Gasteiger partial charge on any atom is 0.0700 e. The van der Waals surface area contributed by atoms with Gasteiger partial charge >= 0.3 is 0 Å². The van der Waals surface area contributed by atoms with Crippen molar-refractivity contribution < 1.29 is 9.47 Å². The number of thiol groups is 1. The molecule has 78 valence electrons. The molecule has 0 radical (unpaired) electrons. The van der Waals surface area contributed by atoms with Gasteiger partial charge in [-0.05, 0) is 25.0 Å². The Morgan fingerprint density at radius 1 is 1.15 bits per heavy atom. The van der Waals surface area contributed by atoms with Crippen molar-refractivity contribution in [1.82, 2.24) is 0 Å². The molecule has 0 N–H and O–H groups in total. The zero-order valence-corrected chi connectivity index (χ0v) is 9.31. The largest absolute Gasteiger partial charge is 0.379 e. The lowest BCUT2D eigenvalue weighted by atomic mass is 10.2. The highest BCUT2D eigenvalue weighted by molar-refractivity contribution is 7.80. The molecule has 1 saturated carbocycles. The SMILES string of the molecule is CCCOCCOCC1(CS)CC1. The third-order valence-corrected chi connectivity index (χ3v) is 3.09. The molecule has 0 aromatic heterocycles. The molecule has 0 bridgehead atoms. The lowest BCUT2D eigenvalue weighted by molar-refractivity contribution is 0.0326. The molecule has 1 aliphatic carbocycles. The van der Waals surface area contributed by atoms with E-state index in [1.54, 1.807) is 0 Å². The fraction of sp³-hybridized carbons (Fsp3) is 1.00. The van der Waals surface area contributed by atoms with Gasteiger partial charge in [0.2, 0.25) is 0 Å². The first-order chi connectivity index (χ1) is 6.33. The molecule has 2 nitrogen and oxygen atoms in total. The highest BCUT2D eigenvalue weighted by Gasteiger charge is 2.41. The fourth-order valence-electron chi connectivity index (χ4n) is 1.18. The number of rotatable bonds is 8. The van der Waals surface area contributed by atoms with E-state index >= 15 is 0 Å². The van der Waals surface area contributed by atoms with Crippen LogP contribution in [0.4, 0.5) is 0 Å². The van der Waals surface area contributed by atoms with Crippen LogP contribution in [0.15, 0.2) is 0 Å². The van der Waals surface area contributed by atoms with Crippen LogP contribution in [0.1, 0.15) is 26.2 Å². The van der Waals surface area contributed by atoms with Crippen LogP contribution in [0.3, 0.4) is 0 Å². The van der Waals surface area contributed by atoms with Gasteiger partial charge in [0.15, 0.2) is 0 Å². The molecule has 0 saturated heterocycles. The Balaban J connectivity index is 1.84. The molecule has 1 rings (SSSR count). The second-order valence-electron chi connectivity index (χ2n) is 3.82. The number of hydrogen-bond donors (Lipinski definition) is 1. The first kappa shape index (κ1) is 11.3. The van der Waals surface area contributed by atoms with Crippen LogP contribution in [-0.2, 0) is 9.47 Å². The second-order valence-corrected chi connectivity index (χ2v) is 4.14. The molecule has 0 aliphatic heterocycles. The van der Waals surface area contributed by atoms with E-state index in [0.29, 0.717) is 5.41 Å². The van der Waals surface area contributed by atoms with Gasteiger partial charge < -0.3 is 9.47 Å². The third-order valence-electron chi connectivity index (χ3n) is 2.42. The number of hydrogen-bond acceptors (Lipinski definition) is 3. The molecule has 0 heterocycles. The van der Waals surface area contributed by atoms with Crippen LogP contribution >= 0.6 is 12.6 Å². The Morgan fingerprint density at radius 2 is 1.85 bits per heavy atom. The Morgan fingerprint density at radius 3 is 2.38 bits per heavy atom. The van der Waals surface area contributed by atoms with Gasteiger partial charge in [0, 0.05) is 12.0 Å². The summed E-state index contributed by atoms with van der Waals surface area (Å²) in [5.74, 6) is 0.961. The molecule has 0 atom stereocenters. The van der Waals surface area contributed by atoms with Crippen molar-refractivity contribution >= 4 is 12.6 Å². The van der Waals surface area contributed by atoms with Crippen molar-refractivity contribution in [1.29, 1.82) is 0 Å². The quantitative estimate of drug-likeness (QED) is 0.482. The summed E-state index contributed by atoms with van der Waals surface area (Å²) in [6.45, 7) is 5.29.